The molecule has 1 aromatic heterocycles. The highest BCUT2D eigenvalue weighted by Crippen LogP contribution is 2.10. The molecule has 0 fully saturated rings. The number of hydrogen-bond acceptors (Lipinski definition) is 4. The summed E-state index contributed by atoms with van der Waals surface area (Å²) in [6, 6.07) is 9.03. The predicted molar refractivity (Wildman–Crippen MR) is 71.5 cm³/mol. The molecule has 102 valence electrons. The minimum absolute atomic E-state index is 0.0472. The number of rotatable bonds is 4. The SMILES string of the molecule is O=C(O)c1ccnc(NC(=O)c2ccc(CO)cc2)c1. The first-order valence-electron chi connectivity index (χ1n) is 5.80. The molecule has 1 heterocycles. The Balaban J connectivity index is 2.14. The van der Waals surface area contributed by atoms with E-state index in [0.717, 1.165) is 0 Å². The largest absolute Gasteiger partial charge is 0.478 e. The smallest absolute Gasteiger partial charge is 0.335 e. The van der Waals surface area contributed by atoms with Gasteiger partial charge in [0, 0.05) is 11.8 Å². The number of carbonyl (C=O) groups excluding carboxylic acids is 1. The molecule has 0 atom stereocenters. The van der Waals surface area contributed by atoms with Crippen LogP contribution in [0, 0.1) is 0 Å². The van der Waals surface area contributed by atoms with Crippen LogP contribution in [0.15, 0.2) is 42.6 Å². The van der Waals surface area contributed by atoms with Crippen LogP contribution in [0.3, 0.4) is 0 Å². The normalized spacial score (nSPS) is 10.1. The van der Waals surface area contributed by atoms with Gasteiger partial charge in [-0.1, -0.05) is 12.1 Å². The van der Waals surface area contributed by atoms with E-state index in [1.807, 2.05) is 0 Å². The third-order valence-electron chi connectivity index (χ3n) is 2.65. The van der Waals surface area contributed by atoms with E-state index < -0.39 is 11.9 Å². The molecule has 1 aromatic carbocycles. The summed E-state index contributed by atoms with van der Waals surface area (Å²) in [5, 5.41) is 20.3. The molecule has 2 aromatic rings. The zero-order valence-corrected chi connectivity index (χ0v) is 10.4. The maximum Gasteiger partial charge on any atom is 0.335 e. The summed E-state index contributed by atoms with van der Waals surface area (Å²) in [6.45, 7) is -0.0931. The number of benzene rings is 1. The molecule has 20 heavy (non-hydrogen) atoms. The second kappa shape index (κ2) is 5.94. The van der Waals surface area contributed by atoms with Crippen LogP contribution < -0.4 is 5.32 Å². The van der Waals surface area contributed by atoms with E-state index in [1.165, 1.54) is 18.3 Å². The highest BCUT2D eigenvalue weighted by molar-refractivity contribution is 6.04. The van der Waals surface area contributed by atoms with E-state index >= 15 is 0 Å². The van der Waals surface area contributed by atoms with E-state index in [1.54, 1.807) is 24.3 Å². The first-order valence-corrected chi connectivity index (χ1v) is 5.80. The van der Waals surface area contributed by atoms with E-state index in [4.69, 9.17) is 10.2 Å². The number of carbonyl (C=O) groups is 2. The summed E-state index contributed by atoms with van der Waals surface area (Å²) in [5.74, 6) is -1.32. The van der Waals surface area contributed by atoms with Crippen LogP contribution in [0.5, 0.6) is 0 Å². The molecule has 0 aliphatic carbocycles. The third kappa shape index (κ3) is 3.18. The molecule has 0 spiro atoms. The van der Waals surface area contributed by atoms with Gasteiger partial charge < -0.3 is 15.5 Å². The Morgan fingerprint density at radius 2 is 1.80 bits per heavy atom. The van der Waals surface area contributed by atoms with Gasteiger partial charge in [-0.05, 0) is 29.8 Å². The van der Waals surface area contributed by atoms with Crippen LogP contribution in [0.25, 0.3) is 0 Å². The maximum atomic E-state index is 11.9. The number of nitrogens with one attached hydrogen (secondary N) is 1. The lowest BCUT2D eigenvalue weighted by atomic mass is 10.1. The van der Waals surface area contributed by atoms with E-state index in [-0.39, 0.29) is 18.0 Å². The molecule has 6 heteroatoms. The predicted octanol–water partition coefficient (Wildman–Crippen LogP) is 1.52. The summed E-state index contributed by atoms with van der Waals surface area (Å²) >= 11 is 0. The van der Waals surface area contributed by atoms with Crippen molar-refractivity contribution in [3.8, 4) is 0 Å². The van der Waals surface area contributed by atoms with Crippen molar-refractivity contribution in [2.45, 2.75) is 6.61 Å². The molecule has 6 nitrogen and oxygen atoms in total. The fraction of sp³-hybridized carbons (Fsp3) is 0.0714. The Hall–Kier alpha value is -2.73. The third-order valence-corrected chi connectivity index (χ3v) is 2.65. The van der Waals surface area contributed by atoms with Crippen molar-refractivity contribution < 1.29 is 19.8 Å². The van der Waals surface area contributed by atoms with Crippen molar-refractivity contribution in [3.63, 3.8) is 0 Å². The standard InChI is InChI=1S/C14H12N2O4/c17-8-9-1-3-10(4-2-9)13(18)16-12-7-11(14(19)20)5-6-15-12/h1-7,17H,8H2,(H,19,20)(H,15,16,18). The van der Waals surface area contributed by atoms with E-state index in [0.29, 0.717) is 11.1 Å². The van der Waals surface area contributed by atoms with Crippen molar-refractivity contribution >= 4 is 17.7 Å². The van der Waals surface area contributed by atoms with Crippen molar-refractivity contribution in [2.75, 3.05) is 5.32 Å². The highest BCUT2D eigenvalue weighted by Gasteiger charge is 2.09. The summed E-state index contributed by atoms with van der Waals surface area (Å²) in [7, 11) is 0. The molecule has 0 radical (unpaired) electrons. The number of aliphatic hydroxyl groups excluding tert-OH is 1. The molecular formula is C14H12N2O4. The minimum atomic E-state index is -1.09. The molecule has 0 aliphatic rings. The number of carboxylic acids is 1. The fourth-order valence-corrected chi connectivity index (χ4v) is 1.58. The van der Waals surface area contributed by atoms with Gasteiger partial charge in [0.05, 0.1) is 12.2 Å². The maximum absolute atomic E-state index is 11.9. The topological polar surface area (TPSA) is 99.5 Å². The van der Waals surface area contributed by atoms with Crippen LogP contribution in [0.2, 0.25) is 0 Å². The number of aliphatic hydroxyl groups is 1. The first-order chi connectivity index (χ1) is 9.60. The summed E-state index contributed by atoms with van der Waals surface area (Å²) < 4.78 is 0. The van der Waals surface area contributed by atoms with Gasteiger partial charge in [-0.2, -0.15) is 0 Å². The Bertz CT molecular complexity index is 638. The highest BCUT2D eigenvalue weighted by atomic mass is 16.4. The number of aromatic nitrogens is 1. The summed E-state index contributed by atoms with van der Waals surface area (Å²) in [4.78, 5) is 26.6. The minimum Gasteiger partial charge on any atom is -0.478 e. The summed E-state index contributed by atoms with van der Waals surface area (Å²) in [6.07, 6.45) is 1.31. The zero-order valence-electron chi connectivity index (χ0n) is 10.4. The summed E-state index contributed by atoms with van der Waals surface area (Å²) in [5.41, 5.74) is 1.14. The van der Waals surface area contributed by atoms with Gasteiger partial charge >= 0.3 is 5.97 Å². The second-order valence-electron chi connectivity index (χ2n) is 4.04. The fourth-order valence-electron chi connectivity index (χ4n) is 1.58. The van der Waals surface area contributed by atoms with Crippen LogP contribution in [-0.4, -0.2) is 27.1 Å². The number of carboxylic acid groups (broad SMARTS) is 1. The number of aromatic carboxylic acids is 1. The molecular weight excluding hydrogens is 260 g/mol. The van der Waals surface area contributed by atoms with Crippen molar-refractivity contribution in [3.05, 3.63) is 59.3 Å². The quantitative estimate of drug-likeness (QED) is 0.783. The lowest BCUT2D eigenvalue weighted by Gasteiger charge is -2.05. The van der Waals surface area contributed by atoms with Gasteiger partial charge in [0.25, 0.3) is 5.91 Å². The van der Waals surface area contributed by atoms with E-state index in [9.17, 15) is 9.59 Å². The lowest BCUT2D eigenvalue weighted by molar-refractivity contribution is 0.0696. The van der Waals surface area contributed by atoms with E-state index in [2.05, 4.69) is 10.3 Å². The Morgan fingerprint density at radius 3 is 2.40 bits per heavy atom. The van der Waals surface area contributed by atoms with Crippen LogP contribution in [0.1, 0.15) is 26.3 Å². The van der Waals surface area contributed by atoms with Crippen LogP contribution in [-0.2, 0) is 6.61 Å². The Kier molecular flexibility index (Phi) is 4.07. The average molecular weight is 272 g/mol. The van der Waals surface area contributed by atoms with Crippen LogP contribution >= 0.6 is 0 Å². The van der Waals surface area contributed by atoms with Crippen molar-refractivity contribution in [1.29, 1.82) is 0 Å². The Morgan fingerprint density at radius 1 is 1.10 bits per heavy atom. The number of hydrogen-bond donors (Lipinski definition) is 3. The van der Waals surface area contributed by atoms with Gasteiger partial charge in [-0.25, -0.2) is 9.78 Å². The molecule has 0 saturated carbocycles. The number of nitrogens with zero attached hydrogens (tertiary/aromatic N) is 1. The Labute approximate surface area is 114 Å². The average Bonchev–Trinajstić information content (AvgIpc) is 2.47. The lowest BCUT2D eigenvalue weighted by Crippen LogP contribution is -2.13. The van der Waals surface area contributed by atoms with Gasteiger partial charge in [0.1, 0.15) is 5.82 Å². The monoisotopic (exact) mass is 272 g/mol. The number of anilines is 1. The molecule has 0 bridgehead atoms. The zero-order chi connectivity index (χ0) is 14.5. The molecule has 1 amide bonds. The van der Waals surface area contributed by atoms with Crippen molar-refractivity contribution in [1.82, 2.24) is 4.98 Å². The van der Waals surface area contributed by atoms with Crippen molar-refractivity contribution in [2.24, 2.45) is 0 Å². The number of amides is 1. The van der Waals surface area contributed by atoms with Gasteiger partial charge in [-0.15, -0.1) is 0 Å². The van der Waals surface area contributed by atoms with Crippen LogP contribution in [0.4, 0.5) is 5.82 Å². The molecule has 3 N–H and O–H groups in total. The van der Waals surface area contributed by atoms with Gasteiger partial charge in [0.15, 0.2) is 0 Å². The first kappa shape index (κ1) is 13.7. The molecule has 0 unspecified atom stereocenters. The molecule has 0 aliphatic heterocycles. The van der Waals surface area contributed by atoms with Gasteiger partial charge in [0.2, 0.25) is 0 Å². The number of pyridine rings is 1. The van der Waals surface area contributed by atoms with Gasteiger partial charge in [-0.3, -0.25) is 4.79 Å². The molecule has 0 saturated heterocycles. The molecule has 2 rings (SSSR count). The second-order valence-corrected chi connectivity index (χ2v) is 4.04.